The van der Waals surface area contributed by atoms with Gasteiger partial charge in [0.25, 0.3) is 0 Å². The van der Waals surface area contributed by atoms with Crippen LogP contribution in [-0.2, 0) is 11.3 Å². The summed E-state index contributed by atoms with van der Waals surface area (Å²) in [5.74, 6) is 0.529. The van der Waals surface area contributed by atoms with Crippen molar-refractivity contribution >= 4 is 16.7 Å². The van der Waals surface area contributed by atoms with E-state index in [1.54, 1.807) is 12.1 Å². The largest absolute Gasteiger partial charge is 0.508 e. The molecule has 4 heteroatoms. The molecule has 126 valence electrons. The first-order valence-electron chi connectivity index (χ1n) is 8.83. The van der Waals surface area contributed by atoms with Crippen molar-refractivity contribution in [2.75, 3.05) is 19.6 Å². The molecule has 0 atom stereocenters. The maximum Gasteiger partial charge on any atom is 0.220 e. The Morgan fingerprint density at radius 1 is 1.04 bits per heavy atom. The standard InChI is InChI=1S/C20H24N2O2/c23-18-4-3-16-11-15(1-2-17(16)12-18)13-22-9-7-20(8-10-22)6-5-19(24)21-14-20/h1-4,11-12,23H,5-10,13-14H2,(H,21,24). The van der Waals surface area contributed by atoms with Crippen LogP contribution in [0.4, 0.5) is 0 Å². The molecule has 24 heavy (non-hydrogen) atoms. The lowest BCUT2D eigenvalue weighted by molar-refractivity contribution is -0.125. The van der Waals surface area contributed by atoms with Gasteiger partial charge in [-0.15, -0.1) is 0 Å². The van der Waals surface area contributed by atoms with Crippen LogP contribution >= 0.6 is 0 Å². The predicted octanol–water partition coefficient (Wildman–Crippen LogP) is 3.04. The van der Waals surface area contributed by atoms with Gasteiger partial charge in [0, 0.05) is 19.5 Å². The molecule has 1 amide bonds. The van der Waals surface area contributed by atoms with Crippen molar-refractivity contribution in [2.24, 2.45) is 5.41 Å². The number of carbonyl (C=O) groups is 1. The van der Waals surface area contributed by atoms with E-state index in [4.69, 9.17) is 0 Å². The van der Waals surface area contributed by atoms with Gasteiger partial charge in [-0.05, 0) is 72.3 Å². The minimum absolute atomic E-state index is 0.213. The van der Waals surface area contributed by atoms with Crippen molar-refractivity contribution < 1.29 is 9.90 Å². The van der Waals surface area contributed by atoms with Crippen molar-refractivity contribution in [1.82, 2.24) is 10.2 Å². The average Bonchev–Trinajstić information content (AvgIpc) is 2.60. The predicted molar refractivity (Wildman–Crippen MR) is 94.8 cm³/mol. The first-order valence-corrected chi connectivity index (χ1v) is 8.83. The van der Waals surface area contributed by atoms with Gasteiger partial charge in [0.2, 0.25) is 5.91 Å². The molecule has 0 radical (unpaired) electrons. The minimum atomic E-state index is 0.213. The van der Waals surface area contributed by atoms with E-state index < -0.39 is 0 Å². The first kappa shape index (κ1) is 15.5. The van der Waals surface area contributed by atoms with Gasteiger partial charge >= 0.3 is 0 Å². The lowest BCUT2D eigenvalue weighted by Gasteiger charge is -2.44. The number of carbonyl (C=O) groups excluding carboxylic acids is 1. The number of benzene rings is 2. The molecule has 2 aliphatic rings. The first-order chi connectivity index (χ1) is 11.6. The van der Waals surface area contributed by atoms with Crippen LogP contribution in [0.25, 0.3) is 10.8 Å². The van der Waals surface area contributed by atoms with Gasteiger partial charge in [-0.2, -0.15) is 0 Å². The van der Waals surface area contributed by atoms with E-state index >= 15 is 0 Å². The van der Waals surface area contributed by atoms with Gasteiger partial charge in [-0.1, -0.05) is 18.2 Å². The van der Waals surface area contributed by atoms with Gasteiger partial charge in [0.05, 0.1) is 0 Å². The molecular formula is C20H24N2O2. The van der Waals surface area contributed by atoms with E-state index in [-0.39, 0.29) is 5.91 Å². The molecule has 4 nitrogen and oxygen atoms in total. The molecule has 1 spiro atoms. The Hall–Kier alpha value is -2.07. The highest BCUT2D eigenvalue weighted by Gasteiger charge is 2.37. The summed E-state index contributed by atoms with van der Waals surface area (Å²) < 4.78 is 0. The average molecular weight is 324 g/mol. The second-order valence-electron chi connectivity index (χ2n) is 7.42. The number of piperidine rings is 2. The van der Waals surface area contributed by atoms with Gasteiger partial charge in [-0.3, -0.25) is 9.69 Å². The number of amides is 1. The Kier molecular flexibility index (Phi) is 3.93. The van der Waals surface area contributed by atoms with Gasteiger partial charge in [-0.25, -0.2) is 0 Å². The highest BCUT2D eigenvalue weighted by molar-refractivity contribution is 5.84. The van der Waals surface area contributed by atoms with E-state index in [1.165, 1.54) is 23.8 Å². The SMILES string of the molecule is O=C1CCC2(CCN(Cc3ccc4cc(O)ccc4c3)CC2)CN1. The minimum Gasteiger partial charge on any atom is -0.508 e. The zero-order valence-electron chi connectivity index (χ0n) is 13.9. The highest BCUT2D eigenvalue weighted by atomic mass is 16.3. The summed E-state index contributed by atoms with van der Waals surface area (Å²) in [4.78, 5) is 13.9. The Balaban J connectivity index is 1.40. The lowest BCUT2D eigenvalue weighted by atomic mass is 9.73. The summed E-state index contributed by atoms with van der Waals surface area (Å²) in [6, 6.07) is 12.0. The monoisotopic (exact) mass is 324 g/mol. The molecular weight excluding hydrogens is 300 g/mol. The summed E-state index contributed by atoms with van der Waals surface area (Å²) >= 11 is 0. The van der Waals surface area contributed by atoms with E-state index in [0.717, 1.165) is 38.0 Å². The maximum absolute atomic E-state index is 11.4. The Morgan fingerprint density at radius 3 is 2.54 bits per heavy atom. The third-order valence-electron chi connectivity index (χ3n) is 5.75. The van der Waals surface area contributed by atoms with Crippen molar-refractivity contribution in [1.29, 1.82) is 0 Å². The number of hydrogen-bond acceptors (Lipinski definition) is 3. The summed E-state index contributed by atoms with van der Waals surface area (Å²) in [5.41, 5.74) is 1.66. The molecule has 4 rings (SSSR count). The normalized spacial score (nSPS) is 21.1. The molecule has 2 N–H and O–H groups in total. The van der Waals surface area contributed by atoms with Crippen LogP contribution in [-0.4, -0.2) is 35.5 Å². The number of likely N-dealkylation sites (tertiary alicyclic amines) is 1. The Morgan fingerprint density at radius 2 is 1.79 bits per heavy atom. The molecule has 0 saturated carbocycles. The van der Waals surface area contributed by atoms with Crippen molar-refractivity contribution in [3.8, 4) is 5.75 Å². The molecule has 0 aromatic heterocycles. The number of fused-ring (bicyclic) bond motifs is 1. The van der Waals surface area contributed by atoms with Crippen LogP contribution < -0.4 is 5.32 Å². The number of nitrogens with one attached hydrogen (secondary N) is 1. The van der Waals surface area contributed by atoms with Crippen LogP contribution in [0.3, 0.4) is 0 Å². The summed E-state index contributed by atoms with van der Waals surface area (Å²) in [6.07, 6.45) is 4.09. The van der Waals surface area contributed by atoms with Gasteiger partial charge in [0.15, 0.2) is 0 Å². The molecule has 0 bridgehead atoms. The molecule has 2 aliphatic heterocycles. The number of phenols is 1. The zero-order valence-corrected chi connectivity index (χ0v) is 13.9. The third kappa shape index (κ3) is 3.11. The number of hydrogen-bond donors (Lipinski definition) is 2. The number of phenolic OH excluding ortho intramolecular Hbond substituents is 1. The topological polar surface area (TPSA) is 52.6 Å². The van der Waals surface area contributed by atoms with Crippen molar-refractivity contribution in [3.05, 3.63) is 42.0 Å². The van der Waals surface area contributed by atoms with Crippen LogP contribution in [0.2, 0.25) is 0 Å². The van der Waals surface area contributed by atoms with Crippen LogP contribution in [0.1, 0.15) is 31.2 Å². The number of rotatable bonds is 2. The number of aromatic hydroxyl groups is 1. The molecule has 0 aliphatic carbocycles. The summed E-state index contributed by atoms with van der Waals surface area (Å²) in [7, 11) is 0. The van der Waals surface area contributed by atoms with E-state index in [2.05, 4.69) is 28.4 Å². The quantitative estimate of drug-likeness (QED) is 0.893. The second kappa shape index (κ2) is 6.10. The Bertz CT molecular complexity index is 751. The smallest absolute Gasteiger partial charge is 0.220 e. The van der Waals surface area contributed by atoms with Crippen LogP contribution in [0, 0.1) is 5.41 Å². The maximum atomic E-state index is 11.4. The van der Waals surface area contributed by atoms with E-state index in [1.807, 2.05) is 6.07 Å². The molecule has 2 aromatic rings. The van der Waals surface area contributed by atoms with Crippen LogP contribution in [0.15, 0.2) is 36.4 Å². The summed E-state index contributed by atoms with van der Waals surface area (Å²) in [6.45, 7) is 4.03. The summed E-state index contributed by atoms with van der Waals surface area (Å²) in [5, 5.41) is 14.9. The molecule has 0 unspecified atom stereocenters. The van der Waals surface area contributed by atoms with Crippen molar-refractivity contribution in [2.45, 2.75) is 32.2 Å². The Labute approximate surface area is 142 Å². The number of nitrogens with zero attached hydrogens (tertiary/aromatic N) is 1. The van der Waals surface area contributed by atoms with Crippen LogP contribution in [0.5, 0.6) is 5.75 Å². The molecule has 2 heterocycles. The lowest BCUT2D eigenvalue weighted by Crippen LogP contribution is -2.49. The fourth-order valence-electron chi connectivity index (χ4n) is 4.09. The van der Waals surface area contributed by atoms with E-state index in [0.29, 0.717) is 17.6 Å². The molecule has 2 fully saturated rings. The zero-order chi connectivity index (χ0) is 16.6. The second-order valence-corrected chi connectivity index (χ2v) is 7.42. The third-order valence-corrected chi connectivity index (χ3v) is 5.75. The molecule has 2 aromatic carbocycles. The highest BCUT2D eigenvalue weighted by Crippen LogP contribution is 2.37. The molecule has 2 saturated heterocycles. The van der Waals surface area contributed by atoms with Gasteiger partial charge < -0.3 is 10.4 Å². The van der Waals surface area contributed by atoms with Gasteiger partial charge in [0.1, 0.15) is 5.75 Å². The van der Waals surface area contributed by atoms with E-state index in [9.17, 15) is 9.90 Å². The van der Waals surface area contributed by atoms with Crippen molar-refractivity contribution in [3.63, 3.8) is 0 Å². The fraction of sp³-hybridized carbons (Fsp3) is 0.450. The fourth-order valence-corrected chi connectivity index (χ4v) is 4.09.